The van der Waals surface area contributed by atoms with Crippen molar-refractivity contribution in [1.82, 2.24) is 15.0 Å². The van der Waals surface area contributed by atoms with Gasteiger partial charge in [0, 0.05) is 29.4 Å². The van der Waals surface area contributed by atoms with Gasteiger partial charge in [-0.25, -0.2) is 19.7 Å². The highest BCUT2D eigenvalue weighted by Crippen LogP contribution is 2.32. The normalized spacial score (nSPS) is 13.7. The number of aromatic nitrogens is 3. The summed E-state index contributed by atoms with van der Waals surface area (Å²) in [7, 11) is 0. The standard InChI is InChI=1S/C23H20N4O2/c28-23(29)15-7-10-17-18-13-24-20(11-6-14-4-2-1-3-5-14)27-21(18)22(25-16-8-9-16)26-19(17)12-15/h1-5,7,10,12-13,16H,6,8-9,11H2,(H,25,26)(H,28,29). The Hall–Kier alpha value is -3.54. The van der Waals surface area contributed by atoms with Crippen LogP contribution in [0.4, 0.5) is 5.82 Å². The lowest BCUT2D eigenvalue weighted by atomic mass is 10.1. The van der Waals surface area contributed by atoms with Gasteiger partial charge in [0.05, 0.1) is 11.1 Å². The highest BCUT2D eigenvalue weighted by atomic mass is 16.4. The van der Waals surface area contributed by atoms with E-state index in [1.807, 2.05) is 24.4 Å². The number of fused-ring (bicyclic) bond motifs is 3. The van der Waals surface area contributed by atoms with Crippen molar-refractivity contribution >= 4 is 33.6 Å². The van der Waals surface area contributed by atoms with E-state index in [0.29, 0.717) is 17.4 Å². The maximum Gasteiger partial charge on any atom is 0.335 e. The third kappa shape index (κ3) is 3.61. The number of carboxylic acid groups (broad SMARTS) is 1. The van der Waals surface area contributed by atoms with Crippen LogP contribution in [0.25, 0.3) is 21.8 Å². The summed E-state index contributed by atoms with van der Waals surface area (Å²) in [4.78, 5) is 25.5. The van der Waals surface area contributed by atoms with Gasteiger partial charge in [-0.2, -0.15) is 0 Å². The number of aromatic carboxylic acids is 1. The van der Waals surface area contributed by atoms with E-state index in [1.54, 1.807) is 18.2 Å². The number of carbonyl (C=O) groups is 1. The summed E-state index contributed by atoms with van der Waals surface area (Å²) in [5, 5.41) is 14.5. The Bertz CT molecular complexity index is 1220. The third-order valence-corrected chi connectivity index (χ3v) is 5.23. The minimum Gasteiger partial charge on any atom is -0.478 e. The highest BCUT2D eigenvalue weighted by Gasteiger charge is 2.23. The van der Waals surface area contributed by atoms with Crippen LogP contribution in [-0.4, -0.2) is 32.1 Å². The predicted octanol–water partition coefficient (Wildman–Crippen LogP) is 4.24. The van der Waals surface area contributed by atoms with Gasteiger partial charge in [-0.05, 0) is 37.0 Å². The molecule has 6 heteroatoms. The maximum absolute atomic E-state index is 11.3. The smallest absolute Gasteiger partial charge is 0.335 e. The average Bonchev–Trinajstić information content (AvgIpc) is 3.56. The number of aryl methyl sites for hydroxylation is 2. The SMILES string of the molecule is O=C(O)c1ccc2c(c1)nc(NC1CC1)c1nc(CCc3ccccc3)ncc12. The molecule has 4 aromatic rings. The molecular formula is C23H20N4O2. The first-order valence-electron chi connectivity index (χ1n) is 9.80. The van der Waals surface area contributed by atoms with Gasteiger partial charge in [0.2, 0.25) is 0 Å². The van der Waals surface area contributed by atoms with Gasteiger partial charge in [0.15, 0.2) is 5.82 Å². The van der Waals surface area contributed by atoms with E-state index in [0.717, 1.165) is 47.8 Å². The molecule has 0 aliphatic heterocycles. The third-order valence-electron chi connectivity index (χ3n) is 5.23. The van der Waals surface area contributed by atoms with Crippen LogP contribution >= 0.6 is 0 Å². The summed E-state index contributed by atoms with van der Waals surface area (Å²) in [6.45, 7) is 0. The Morgan fingerprint density at radius 1 is 1.03 bits per heavy atom. The molecule has 1 aliphatic carbocycles. The number of nitrogens with zero attached hydrogens (tertiary/aromatic N) is 3. The Morgan fingerprint density at radius 3 is 2.62 bits per heavy atom. The number of nitrogens with one attached hydrogen (secondary N) is 1. The molecule has 2 aromatic carbocycles. The lowest BCUT2D eigenvalue weighted by molar-refractivity contribution is 0.0697. The predicted molar refractivity (Wildman–Crippen MR) is 112 cm³/mol. The van der Waals surface area contributed by atoms with Gasteiger partial charge < -0.3 is 10.4 Å². The van der Waals surface area contributed by atoms with E-state index >= 15 is 0 Å². The van der Waals surface area contributed by atoms with Gasteiger partial charge >= 0.3 is 5.97 Å². The van der Waals surface area contributed by atoms with Crippen molar-refractivity contribution in [3.63, 3.8) is 0 Å². The number of pyridine rings is 1. The van der Waals surface area contributed by atoms with Gasteiger partial charge in [0.1, 0.15) is 11.3 Å². The molecule has 6 nitrogen and oxygen atoms in total. The molecule has 29 heavy (non-hydrogen) atoms. The summed E-state index contributed by atoms with van der Waals surface area (Å²) >= 11 is 0. The number of anilines is 1. The van der Waals surface area contributed by atoms with E-state index in [2.05, 4.69) is 22.4 Å². The molecule has 0 atom stereocenters. The summed E-state index contributed by atoms with van der Waals surface area (Å²) in [5.74, 6) is 0.530. The molecular weight excluding hydrogens is 364 g/mol. The fraction of sp³-hybridized carbons (Fsp3) is 0.217. The van der Waals surface area contributed by atoms with Crippen LogP contribution in [0.2, 0.25) is 0 Å². The second-order valence-corrected chi connectivity index (χ2v) is 7.45. The second kappa shape index (κ2) is 7.13. The van der Waals surface area contributed by atoms with Crippen molar-refractivity contribution in [2.24, 2.45) is 0 Å². The quantitative estimate of drug-likeness (QED) is 0.484. The molecule has 1 fully saturated rings. The topological polar surface area (TPSA) is 88.0 Å². The second-order valence-electron chi connectivity index (χ2n) is 7.45. The lowest BCUT2D eigenvalue weighted by Crippen LogP contribution is -2.07. The Kier molecular flexibility index (Phi) is 4.31. The van der Waals surface area contributed by atoms with Crippen molar-refractivity contribution in [1.29, 1.82) is 0 Å². The number of benzene rings is 2. The number of hydrogen-bond donors (Lipinski definition) is 2. The highest BCUT2D eigenvalue weighted by molar-refractivity contribution is 6.09. The van der Waals surface area contributed by atoms with E-state index in [9.17, 15) is 9.90 Å². The molecule has 0 spiro atoms. The van der Waals surface area contributed by atoms with Crippen molar-refractivity contribution in [2.45, 2.75) is 31.7 Å². The molecule has 2 aromatic heterocycles. The van der Waals surface area contributed by atoms with Crippen LogP contribution in [0.3, 0.4) is 0 Å². The van der Waals surface area contributed by atoms with Crippen LogP contribution in [-0.2, 0) is 12.8 Å². The Labute approximate surface area is 167 Å². The van der Waals surface area contributed by atoms with Crippen LogP contribution in [0.1, 0.15) is 34.6 Å². The zero-order valence-electron chi connectivity index (χ0n) is 15.8. The Morgan fingerprint density at radius 2 is 1.86 bits per heavy atom. The van der Waals surface area contributed by atoms with Crippen molar-refractivity contribution in [3.05, 3.63) is 71.7 Å². The van der Waals surface area contributed by atoms with Crippen LogP contribution in [0, 0.1) is 0 Å². The number of hydrogen-bond acceptors (Lipinski definition) is 5. The van der Waals surface area contributed by atoms with Gasteiger partial charge in [-0.15, -0.1) is 0 Å². The number of carboxylic acids is 1. The summed E-state index contributed by atoms with van der Waals surface area (Å²) in [5.41, 5.74) is 2.92. The average molecular weight is 384 g/mol. The largest absolute Gasteiger partial charge is 0.478 e. The molecule has 0 bridgehead atoms. The van der Waals surface area contributed by atoms with Gasteiger partial charge in [-0.3, -0.25) is 0 Å². The van der Waals surface area contributed by atoms with Crippen molar-refractivity contribution in [3.8, 4) is 0 Å². The summed E-state index contributed by atoms with van der Waals surface area (Å²) in [6, 6.07) is 15.7. The zero-order chi connectivity index (χ0) is 19.8. The fourth-order valence-electron chi connectivity index (χ4n) is 3.50. The lowest BCUT2D eigenvalue weighted by Gasteiger charge is -2.12. The maximum atomic E-state index is 11.3. The molecule has 0 unspecified atom stereocenters. The van der Waals surface area contributed by atoms with E-state index in [4.69, 9.17) is 9.97 Å². The molecule has 1 saturated carbocycles. The molecule has 5 rings (SSSR count). The van der Waals surface area contributed by atoms with E-state index in [-0.39, 0.29) is 5.56 Å². The molecule has 0 saturated heterocycles. The van der Waals surface area contributed by atoms with Crippen molar-refractivity contribution < 1.29 is 9.90 Å². The fourth-order valence-corrected chi connectivity index (χ4v) is 3.50. The van der Waals surface area contributed by atoms with E-state index < -0.39 is 5.97 Å². The minimum absolute atomic E-state index is 0.224. The molecule has 2 heterocycles. The minimum atomic E-state index is -0.960. The molecule has 1 aliphatic rings. The van der Waals surface area contributed by atoms with Gasteiger partial charge in [0.25, 0.3) is 0 Å². The van der Waals surface area contributed by atoms with Crippen LogP contribution in [0.15, 0.2) is 54.7 Å². The molecule has 0 amide bonds. The molecule has 2 N–H and O–H groups in total. The monoisotopic (exact) mass is 384 g/mol. The van der Waals surface area contributed by atoms with Gasteiger partial charge in [-0.1, -0.05) is 36.4 Å². The number of rotatable bonds is 6. The Balaban J connectivity index is 1.58. The first kappa shape index (κ1) is 17.6. The molecule has 144 valence electrons. The molecule has 0 radical (unpaired) electrons. The first-order valence-corrected chi connectivity index (χ1v) is 9.80. The summed E-state index contributed by atoms with van der Waals surface area (Å²) in [6.07, 6.45) is 5.69. The van der Waals surface area contributed by atoms with Crippen molar-refractivity contribution in [2.75, 3.05) is 5.32 Å². The summed E-state index contributed by atoms with van der Waals surface area (Å²) < 4.78 is 0. The zero-order valence-corrected chi connectivity index (χ0v) is 15.8. The first-order chi connectivity index (χ1) is 14.2. The van der Waals surface area contributed by atoms with Crippen LogP contribution < -0.4 is 5.32 Å². The van der Waals surface area contributed by atoms with Crippen LogP contribution in [0.5, 0.6) is 0 Å². The van der Waals surface area contributed by atoms with E-state index in [1.165, 1.54) is 5.56 Å².